The highest BCUT2D eigenvalue weighted by molar-refractivity contribution is 9.10. The SMILES string of the molecule is CC1CCCC1NC(=O)c1cc(Br)c[nH]1. The minimum Gasteiger partial charge on any atom is -0.356 e. The van der Waals surface area contributed by atoms with Crippen LogP contribution in [0.2, 0.25) is 0 Å². The van der Waals surface area contributed by atoms with Crippen LogP contribution in [-0.4, -0.2) is 16.9 Å². The zero-order valence-corrected chi connectivity index (χ0v) is 10.3. The van der Waals surface area contributed by atoms with Gasteiger partial charge in [0.15, 0.2) is 0 Å². The maximum absolute atomic E-state index is 11.8. The number of hydrogen-bond donors (Lipinski definition) is 2. The summed E-state index contributed by atoms with van der Waals surface area (Å²) in [5, 5.41) is 3.07. The molecule has 2 unspecified atom stereocenters. The molecule has 1 aliphatic carbocycles. The van der Waals surface area contributed by atoms with E-state index in [-0.39, 0.29) is 5.91 Å². The molecule has 2 rings (SSSR count). The first-order chi connectivity index (χ1) is 7.16. The second-order valence-corrected chi connectivity index (χ2v) is 5.14. The zero-order chi connectivity index (χ0) is 10.8. The van der Waals surface area contributed by atoms with Crippen LogP contribution in [0.1, 0.15) is 36.7 Å². The van der Waals surface area contributed by atoms with Crippen molar-refractivity contribution in [3.63, 3.8) is 0 Å². The summed E-state index contributed by atoms with van der Waals surface area (Å²) in [5.41, 5.74) is 0.626. The fourth-order valence-corrected chi connectivity index (χ4v) is 2.45. The van der Waals surface area contributed by atoms with Crippen molar-refractivity contribution in [3.05, 3.63) is 22.4 Å². The molecule has 0 radical (unpaired) electrons. The number of carbonyl (C=O) groups is 1. The van der Waals surface area contributed by atoms with E-state index in [9.17, 15) is 4.79 Å². The number of aromatic amines is 1. The standard InChI is InChI=1S/C11H15BrN2O/c1-7-3-2-4-9(7)14-11(15)10-5-8(12)6-13-10/h5-7,9,13H,2-4H2,1H3,(H,14,15). The molecule has 0 bridgehead atoms. The van der Waals surface area contributed by atoms with E-state index in [2.05, 4.69) is 33.2 Å². The van der Waals surface area contributed by atoms with Crippen LogP contribution in [0.5, 0.6) is 0 Å². The minimum atomic E-state index is -0.000509. The van der Waals surface area contributed by atoms with Crippen molar-refractivity contribution in [2.24, 2.45) is 5.92 Å². The van der Waals surface area contributed by atoms with E-state index in [1.807, 2.05) is 0 Å². The van der Waals surface area contributed by atoms with Crippen LogP contribution in [0.4, 0.5) is 0 Å². The summed E-state index contributed by atoms with van der Waals surface area (Å²) in [6.45, 7) is 2.20. The fraction of sp³-hybridized carbons (Fsp3) is 0.545. The summed E-state index contributed by atoms with van der Waals surface area (Å²) < 4.78 is 0.909. The third kappa shape index (κ3) is 2.43. The summed E-state index contributed by atoms with van der Waals surface area (Å²) >= 11 is 3.31. The molecule has 1 aromatic heterocycles. The molecular formula is C11H15BrN2O. The van der Waals surface area contributed by atoms with E-state index in [1.165, 1.54) is 12.8 Å². The Bertz CT molecular complexity index is 361. The predicted octanol–water partition coefficient (Wildman–Crippen LogP) is 2.70. The van der Waals surface area contributed by atoms with Crippen molar-refractivity contribution in [2.45, 2.75) is 32.2 Å². The third-order valence-electron chi connectivity index (χ3n) is 3.07. The van der Waals surface area contributed by atoms with Gasteiger partial charge in [-0.05, 0) is 40.8 Å². The van der Waals surface area contributed by atoms with Crippen molar-refractivity contribution in [1.29, 1.82) is 0 Å². The van der Waals surface area contributed by atoms with E-state index in [0.717, 1.165) is 10.9 Å². The van der Waals surface area contributed by atoms with Crippen molar-refractivity contribution < 1.29 is 4.79 Å². The number of aromatic nitrogens is 1. The molecule has 3 nitrogen and oxygen atoms in total. The molecule has 0 spiro atoms. The molecule has 15 heavy (non-hydrogen) atoms. The molecule has 1 amide bonds. The summed E-state index contributed by atoms with van der Waals surface area (Å²) in [7, 11) is 0. The van der Waals surface area contributed by atoms with Crippen molar-refractivity contribution in [1.82, 2.24) is 10.3 Å². The third-order valence-corrected chi connectivity index (χ3v) is 3.53. The maximum Gasteiger partial charge on any atom is 0.267 e. The second-order valence-electron chi connectivity index (χ2n) is 4.22. The lowest BCUT2D eigenvalue weighted by Crippen LogP contribution is -2.36. The van der Waals surface area contributed by atoms with Gasteiger partial charge in [-0.25, -0.2) is 0 Å². The van der Waals surface area contributed by atoms with Crippen LogP contribution in [0.3, 0.4) is 0 Å². The average Bonchev–Trinajstić information content (AvgIpc) is 2.77. The molecule has 0 aromatic carbocycles. The Morgan fingerprint density at radius 3 is 2.93 bits per heavy atom. The molecular weight excluding hydrogens is 256 g/mol. The van der Waals surface area contributed by atoms with Crippen molar-refractivity contribution >= 4 is 21.8 Å². The van der Waals surface area contributed by atoms with Crippen LogP contribution in [0, 0.1) is 5.92 Å². The summed E-state index contributed by atoms with van der Waals surface area (Å²) in [4.78, 5) is 14.7. The molecule has 1 heterocycles. The van der Waals surface area contributed by atoms with Gasteiger partial charge >= 0.3 is 0 Å². The first-order valence-corrected chi connectivity index (χ1v) is 6.11. The van der Waals surface area contributed by atoms with Gasteiger partial charge in [-0.1, -0.05) is 13.3 Å². The molecule has 2 N–H and O–H groups in total. The Morgan fingerprint density at radius 2 is 2.40 bits per heavy atom. The lowest BCUT2D eigenvalue weighted by atomic mass is 10.1. The summed E-state index contributed by atoms with van der Waals surface area (Å²) in [6, 6.07) is 2.15. The summed E-state index contributed by atoms with van der Waals surface area (Å²) in [6.07, 6.45) is 5.32. The van der Waals surface area contributed by atoms with Gasteiger partial charge in [-0.3, -0.25) is 4.79 Å². The number of nitrogens with one attached hydrogen (secondary N) is 2. The predicted molar refractivity (Wildman–Crippen MR) is 62.8 cm³/mol. The molecule has 2 atom stereocenters. The molecule has 1 fully saturated rings. The molecule has 82 valence electrons. The number of rotatable bonds is 2. The first-order valence-electron chi connectivity index (χ1n) is 5.31. The van der Waals surface area contributed by atoms with Crippen molar-refractivity contribution in [3.8, 4) is 0 Å². The van der Waals surface area contributed by atoms with Gasteiger partial charge in [0, 0.05) is 16.7 Å². The largest absolute Gasteiger partial charge is 0.356 e. The van der Waals surface area contributed by atoms with Crippen LogP contribution in [0.25, 0.3) is 0 Å². The highest BCUT2D eigenvalue weighted by atomic mass is 79.9. The number of H-pyrrole nitrogens is 1. The Labute approximate surface area is 97.8 Å². The van der Waals surface area contributed by atoms with E-state index in [0.29, 0.717) is 17.7 Å². The summed E-state index contributed by atoms with van der Waals surface area (Å²) in [5.74, 6) is 0.604. The molecule has 1 aliphatic rings. The number of carbonyl (C=O) groups excluding carboxylic acids is 1. The molecule has 0 aliphatic heterocycles. The van der Waals surface area contributed by atoms with Gasteiger partial charge in [0.2, 0.25) is 0 Å². The molecule has 0 saturated heterocycles. The molecule has 1 saturated carbocycles. The van der Waals surface area contributed by atoms with Gasteiger partial charge in [0.1, 0.15) is 5.69 Å². The molecule has 4 heteroatoms. The van der Waals surface area contributed by atoms with Gasteiger partial charge in [0.05, 0.1) is 0 Å². The van der Waals surface area contributed by atoms with Gasteiger partial charge in [-0.15, -0.1) is 0 Å². The molecule has 1 aromatic rings. The Hall–Kier alpha value is -0.770. The highest BCUT2D eigenvalue weighted by Crippen LogP contribution is 2.25. The van der Waals surface area contributed by atoms with Crippen molar-refractivity contribution in [2.75, 3.05) is 0 Å². The first kappa shape index (κ1) is 10.7. The number of amides is 1. The van der Waals surface area contributed by atoms with Crippen LogP contribution < -0.4 is 5.32 Å². The average molecular weight is 271 g/mol. The van der Waals surface area contributed by atoms with Gasteiger partial charge in [0.25, 0.3) is 5.91 Å². The lowest BCUT2D eigenvalue weighted by molar-refractivity contribution is 0.0925. The van der Waals surface area contributed by atoms with E-state index in [1.54, 1.807) is 12.3 Å². The Morgan fingerprint density at radius 1 is 1.60 bits per heavy atom. The fourth-order valence-electron chi connectivity index (χ4n) is 2.11. The number of hydrogen-bond acceptors (Lipinski definition) is 1. The lowest BCUT2D eigenvalue weighted by Gasteiger charge is -2.16. The monoisotopic (exact) mass is 270 g/mol. The smallest absolute Gasteiger partial charge is 0.267 e. The zero-order valence-electron chi connectivity index (χ0n) is 8.72. The van der Waals surface area contributed by atoms with Crippen LogP contribution >= 0.6 is 15.9 Å². The van der Waals surface area contributed by atoms with Crippen LogP contribution in [0.15, 0.2) is 16.7 Å². The van der Waals surface area contributed by atoms with Gasteiger partial charge in [-0.2, -0.15) is 0 Å². The van der Waals surface area contributed by atoms with Gasteiger partial charge < -0.3 is 10.3 Å². The van der Waals surface area contributed by atoms with E-state index in [4.69, 9.17) is 0 Å². The topological polar surface area (TPSA) is 44.9 Å². The Kier molecular flexibility index (Phi) is 3.14. The van der Waals surface area contributed by atoms with E-state index >= 15 is 0 Å². The van der Waals surface area contributed by atoms with E-state index < -0.39 is 0 Å². The number of halogens is 1. The normalized spacial score (nSPS) is 25.5. The maximum atomic E-state index is 11.8. The Balaban J connectivity index is 1.97. The van der Waals surface area contributed by atoms with Crippen LogP contribution in [-0.2, 0) is 0 Å². The minimum absolute atomic E-state index is 0.000509. The second kappa shape index (κ2) is 4.39. The quantitative estimate of drug-likeness (QED) is 0.853. The highest BCUT2D eigenvalue weighted by Gasteiger charge is 2.25.